The average Bonchev–Trinajstić information content (AvgIpc) is 3.06. The maximum Gasteiger partial charge on any atom is 0.350 e. The smallest absolute Gasteiger partial charge is 0.350 e. The Hall–Kier alpha value is -1.71. The Morgan fingerprint density at radius 2 is 1.80 bits per heavy atom. The number of thiazole rings is 1. The molecule has 1 fully saturated rings. The van der Waals surface area contributed by atoms with Crippen LogP contribution in [-0.4, -0.2) is 66.0 Å². The molecular weight excluding hydrogens is 447 g/mol. The summed E-state index contributed by atoms with van der Waals surface area (Å²) in [5.41, 5.74) is 1.49. The summed E-state index contributed by atoms with van der Waals surface area (Å²) in [6.45, 7) is 7.90. The van der Waals surface area contributed by atoms with E-state index < -0.39 is 5.97 Å². The standard InChI is InChI=1S/C20H24Cl2N4O3S/c1-3-29-19(28)18-13(2)23-20(30-18)24-17(27)12-26-9-7-25(8-10-26)11-14-15(21)5-4-6-16(14)22/h4-6H,3,7-12H2,1-2H3,(H,23,24,27). The van der Waals surface area contributed by atoms with Crippen LogP contribution in [0.15, 0.2) is 18.2 Å². The number of nitrogens with one attached hydrogen (secondary N) is 1. The molecule has 2 aromatic rings. The van der Waals surface area contributed by atoms with Crippen molar-refractivity contribution in [2.75, 3.05) is 44.6 Å². The molecule has 2 heterocycles. The number of benzene rings is 1. The Balaban J connectivity index is 1.48. The molecule has 1 aromatic heterocycles. The summed E-state index contributed by atoms with van der Waals surface area (Å²) in [5, 5.41) is 4.54. The highest BCUT2D eigenvalue weighted by molar-refractivity contribution is 7.17. The monoisotopic (exact) mass is 470 g/mol. The van der Waals surface area contributed by atoms with Gasteiger partial charge in [0.15, 0.2) is 5.13 Å². The van der Waals surface area contributed by atoms with Gasteiger partial charge in [-0.2, -0.15) is 0 Å². The van der Waals surface area contributed by atoms with Gasteiger partial charge in [0.2, 0.25) is 5.91 Å². The second-order valence-corrected chi connectivity index (χ2v) is 8.77. The first-order chi connectivity index (χ1) is 14.4. The summed E-state index contributed by atoms with van der Waals surface area (Å²) in [6.07, 6.45) is 0. The van der Waals surface area contributed by atoms with E-state index in [0.29, 0.717) is 38.9 Å². The lowest BCUT2D eigenvalue weighted by atomic mass is 10.2. The quantitative estimate of drug-likeness (QED) is 0.621. The predicted molar refractivity (Wildman–Crippen MR) is 120 cm³/mol. The fourth-order valence-electron chi connectivity index (χ4n) is 3.21. The van der Waals surface area contributed by atoms with Crippen molar-refractivity contribution in [2.45, 2.75) is 20.4 Å². The molecule has 3 rings (SSSR count). The molecule has 1 amide bonds. The van der Waals surface area contributed by atoms with Gasteiger partial charge < -0.3 is 10.1 Å². The zero-order valence-electron chi connectivity index (χ0n) is 16.9. The van der Waals surface area contributed by atoms with Crippen LogP contribution in [0.1, 0.15) is 27.9 Å². The Morgan fingerprint density at radius 1 is 1.17 bits per heavy atom. The zero-order chi connectivity index (χ0) is 21.7. The lowest BCUT2D eigenvalue weighted by molar-refractivity contribution is -0.117. The second kappa shape index (κ2) is 10.5. The average molecular weight is 471 g/mol. The normalized spacial score (nSPS) is 15.2. The van der Waals surface area contributed by atoms with Crippen molar-refractivity contribution in [3.63, 3.8) is 0 Å². The van der Waals surface area contributed by atoms with Crippen LogP contribution in [0.2, 0.25) is 10.0 Å². The van der Waals surface area contributed by atoms with Crippen molar-refractivity contribution in [2.24, 2.45) is 0 Å². The van der Waals surface area contributed by atoms with Crippen LogP contribution in [0.4, 0.5) is 5.13 Å². The number of nitrogens with zero attached hydrogens (tertiary/aromatic N) is 3. The topological polar surface area (TPSA) is 74.8 Å². The van der Waals surface area contributed by atoms with E-state index in [4.69, 9.17) is 27.9 Å². The van der Waals surface area contributed by atoms with Gasteiger partial charge in [-0.05, 0) is 26.0 Å². The van der Waals surface area contributed by atoms with E-state index in [1.807, 2.05) is 18.2 Å². The number of hydrogen-bond acceptors (Lipinski definition) is 7. The number of aryl methyl sites for hydroxylation is 1. The van der Waals surface area contributed by atoms with Crippen molar-refractivity contribution in [1.82, 2.24) is 14.8 Å². The highest BCUT2D eigenvalue weighted by Gasteiger charge is 2.22. The van der Waals surface area contributed by atoms with Gasteiger partial charge >= 0.3 is 5.97 Å². The highest BCUT2D eigenvalue weighted by atomic mass is 35.5. The molecule has 0 atom stereocenters. The van der Waals surface area contributed by atoms with Gasteiger partial charge in [0, 0.05) is 48.3 Å². The van der Waals surface area contributed by atoms with Gasteiger partial charge in [-0.25, -0.2) is 9.78 Å². The fourth-order valence-corrected chi connectivity index (χ4v) is 4.60. The molecule has 1 saturated heterocycles. The van der Waals surface area contributed by atoms with Gasteiger partial charge in [0.05, 0.1) is 18.8 Å². The van der Waals surface area contributed by atoms with Crippen LogP contribution in [0.3, 0.4) is 0 Å². The van der Waals surface area contributed by atoms with E-state index in [1.54, 1.807) is 13.8 Å². The Morgan fingerprint density at radius 3 is 2.43 bits per heavy atom. The lowest BCUT2D eigenvalue weighted by Crippen LogP contribution is -2.48. The van der Waals surface area contributed by atoms with E-state index >= 15 is 0 Å². The molecule has 1 N–H and O–H groups in total. The largest absolute Gasteiger partial charge is 0.462 e. The number of halogens is 2. The van der Waals surface area contributed by atoms with Crippen LogP contribution < -0.4 is 5.32 Å². The van der Waals surface area contributed by atoms with Crippen LogP contribution in [0, 0.1) is 6.92 Å². The van der Waals surface area contributed by atoms with E-state index in [-0.39, 0.29) is 12.5 Å². The third kappa shape index (κ3) is 5.92. The third-order valence-corrected chi connectivity index (χ3v) is 6.54. The molecule has 1 aliphatic heterocycles. The summed E-state index contributed by atoms with van der Waals surface area (Å²) in [7, 11) is 0. The number of amides is 1. The number of aromatic nitrogens is 1. The first kappa shape index (κ1) is 23.0. The van der Waals surface area contributed by atoms with Crippen molar-refractivity contribution in [3.8, 4) is 0 Å². The minimum atomic E-state index is -0.414. The molecule has 0 radical (unpaired) electrons. The molecule has 162 valence electrons. The Bertz CT molecular complexity index is 893. The zero-order valence-corrected chi connectivity index (χ0v) is 19.2. The number of rotatable bonds is 7. The number of piperazine rings is 1. The third-order valence-electron chi connectivity index (χ3n) is 4.78. The van der Waals surface area contributed by atoms with Crippen molar-refractivity contribution < 1.29 is 14.3 Å². The lowest BCUT2D eigenvalue weighted by Gasteiger charge is -2.34. The van der Waals surface area contributed by atoms with E-state index in [0.717, 1.165) is 43.1 Å². The maximum absolute atomic E-state index is 12.4. The Labute approximate surface area is 189 Å². The van der Waals surface area contributed by atoms with Crippen molar-refractivity contribution in [1.29, 1.82) is 0 Å². The SMILES string of the molecule is CCOC(=O)c1sc(NC(=O)CN2CCN(Cc3c(Cl)cccc3Cl)CC2)nc1C. The molecule has 0 saturated carbocycles. The fraction of sp³-hybridized carbons (Fsp3) is 0.450. The Kier molecular flexibility index (Phi) is 8.07. The number of esters is 1. The summed E-state index contributed by atoms with van der Waals surface area (Å²) in [6, 6.07) is 5.53. The first-order valence-electron chi connectivity index (χ1n) is 9.69. The van der Waals surface area contributed by atoms with E-state index in [1.165, 1.54) is 0 Å². The molecule has 0 spiro atoms. The first-order valence-corrected chi connectivity index (χ1v) is 11.3. The molecule has 0 aliphatic carbocycles. The van der Waals surface area contributed by atoms with Crippen LogP contribution in [-0.2, 0) is 16.1 Å². The van der Waals surface area contributed by atoms with E-state index in [2.05, 4.69) is 20.1 Å². The maximum atomic E-state index is 12.4. The molecule has 0 bridgehead atoms. The van der Waals surface area contributed by atoms with Gasteiger partial charge in [-0.3, -0.25) is 14.6 Å². The molecule has 1 aromatic carbocycles. The van der Waals surface area contributed by atoms with Gasteiger partial charge in [0.1, 0.15) is 4.88 Å². The summed E-state index contributed by atoms with van der Waals surface area (Å²) >= 11 is 13.7. The molecular formula is C20H24Cl2N4O3S. The number of carbonyl (C=O) groups is 2. The number of carbonyl (C=O) groups excluding carboxylic acids is 2. The molecule has 0 unspecified atom stereocenters. The minimum Gasteiger partial charge on any atom is -0.462 e. The van der Waals surface area contributed by atoms with Crippen LogP contribution in [0.25, 0.3) is 0 Å². The number of anilines is 1. The van der Waals surface area contributed by atoms with Gasteiger partial charge in [-0.15, -0.1) is 0 Å². The minimum absolute atomic E-state index is 0.151. The summed E-state index contributed by atoms with van der Waals surface area (Å²) in [5.74, 6) is -0.565. The highest BCUT2D eigenvalue weighted by Crippen LogP contribution is 2.26. The summed E-state index contributed by atoms with van der Waals surface area (Å²) in [4.78, 5) is 33.3. The van der Waals surface area contributed by atoms with Crippen molar-refractivity contribution >= 4 is 51.5 Å². The molecule has 1 aliphatic rings. The molecule has 30 heavy (non-hydrogen) atoms. The second-order valence-electron chi connectivity index (χ2n) is 6.95. The van der Waals surface area contributed by atoms with E-state index in [9.17, 15) is 9.59 Å². The van der Waals surface area contributed by atoms with Gasteiger partial charge in [-0.1, -0.05) is 40.6 Å². The van der Waals surface area contributed by atoms with Crippen LogP contribution >= 0.6 is 34.5 Å². The number of hydrogen-bond donors (Lipinski definition) is 1. The van der Waals surface area contributed by atoms with Gasteiger partial charge in [0.25, 0.3) is 0 Å². The van der Waals surface area contributed by atoms with Crippen LogP contribution in [0.5, 0.6) is 0 Å². The number of ether oxygens (including phenoxy) is 1. The molecule has 10 heteroatoms. The molecule has 7 nitrogen and oxygen atoms in total. The predicted octanol–water partition coefficient (Wildman–Crippen LogP) is 3.69. The van der Waals surface area contributed by atoms with Crippen molar-refractivity contribution in [3.05, 3.63) is 44.4 Å². The summed E-state index contributed by atoms with van der Waals surface area (Å²) < 4.78 is 5.01.